The molecular weight excluding hydrogens is 476 g/mol. The number of nitro benzene ring substituents is 1. The molecule has 1 amide bonds. The maximum atomic E-state index is 12.6. The molecule has 1 heterocycles. The molecule has 1 N–H and O–H groups in total. The first kappa shape index (κ1) is 24.4. The number of nitro groups is 1. The van der Waals surface area contributed by atoms with Gasteiger partial charge in [-0.05, 0) is 42.0 Å². The molecule has 178 valence electrons. The van der Waals surface area contributed by atoms with Crippen molar-refractivity contribution < 1.29 is 14.5 Å². The third-order valence-electron chi connectivity index (χ3n) is 5.25. The van der Waals surface area contributed by atoms with Gasteiger partial charge in [-0.2, -0.15) is 5.26 Å². The van der Waals surface area contributed by atoms with Crippen LogP contribution in [0.1, 0.15) is 5.56 Å². The fourth-order valence-electron chi connectivity index (χ4n) is 3.52. The van der Waals surface area contributed by atoms with E-state index in [1.54, 1.807) is 13.2 Å². The van der Waals surface area contributed by atoms with Crippen LogP contribution in [0.3, 0.4) is 0 Å². The molecule has 8 nitrogen and oxygen atoms in total. The Hall–Kier alpha value is -4.68. The molecule has 3 aromatic carbocycles. The molecule has 0 saturated heterocycles. The first-order valence-corrected chi connectivity index (χ1v) is 11.8. The van der Waals surface area contributed by atoms with E-state index in [1.807, 2.05) is 60.7 Å². The normalized spacial score (nSPS) is 10.3. The molecule has 0 atom stereocenters. The standard InChI is InChI=1S/C27H20N4O4S/c1-35-22-12-10-19(11-13-22)25-15-23(18-6-3-2-4-7-18)24(16-28)27(30-25)36-17-26(32)29-20-8-5-9-21(14-20)31(33)34/h2-15H,17H2,1H3,(H,29,32). The summed E-state index contributed by atoms with van der Waals surface area (Å²) in [5, 5.41) is 24.1. The van der Waals surface area contributed by atoms with E-state index in [1.165, 1.54) is 18.2 Å². The van der Waals surface area contributed by atoms with Crippen molar-refractivity contribution in [1.82, 2.24) is 4.98 Å². The van der Waals surface area contributed by atoms with Gasteiger partial charge in [-0.25, -0.2) is 4.98 Å². The zero-order valence-electron chi connectivity index (χ0n) is 19.2. The lowest BCUT2D eigenvalue weighted by molar-refractivity contribution is -0.384. The number of methoxy groups -OCH3 is 1. The Bertz CT molecular complexity index is 1450. The second kappa shape index (κ2) is 11.2. The Morgan fingerprint density at radius 1 is 1.06 bits per heavy atom. The first-order valence-electron chi connectivity index (χ1n) is 10.8. The van der Waals surface area contributed by atoms with Crippen LogP contribution in [0, 0.1) is 21.4 Å². The van der Waals surface area contributed by atoms with Crippen molar-refractivity contribution in [2.75, 3.05) is 18.2 Å². The molecule has 0 fully saturated rings. The van der Waals surface area contributed by atoms with E-state index < -0.39 is 4.92 Å². The number of hydrogen-bond donors (Lipinski definition) is 1. The number of carbonyl (C=O) groups is 1. The summed E-state index contributed by atoms with van der Waals surface area (Å²) in [5.74, 6) is 0.301. The molecule has 0 aliphatic heterocycles. The molecule has 9 heteroatoms. The summed E-state index contributed by atoms with van der Waals surface area (Å²) in [7, 11) is 1.59. The molecule has 0 unspecified atom stereocenters. The van der Waals surface area contributed by atoms with Gasteiger partial charge < -0.3 is 10.1 Å². The van der Waals surface area contributed by atoms with Gasteiger partial charge in [-0.1, -0.05) is 48.2 Å². The van der Waals surface area contributed by atoms with Crippen LogP contribution in [0.2, 0.25) is 0 Å². The van der Waals surface area contributed by atoms with Crippen molar-refractivity contribution in [1.29, 1.82) is 5.26 Å². The van der Waals surface area contributed by atoms with E-state index in [4.69, 9.17) is 9.72 Å². The summed E-state index contributed by atoms with van der Waals surface area (Å²) in [5.41, 5.74) is 3.62. The van der Waals surface area contributed by atoms with Crippen molar-refractivity contribution in [2.45, 2.75) is 5.03 Å². The van der Waals surface area contributed by atoms with Crippen LogP contribution in [0.4, 0.5) is 11.4 Å². The number of rotatable bonds is 8. The fraction of sp³-hybridized carbons (Fsp3) is 0.0741. The second-order valence-electron chi connectivity index (χ2n) is 7.59. The Kier molecular flexibility index (Phi) is 7.58. The number of nitrogens with one attached hydrogen (secondary N) is 1. The monoisotopic (exact) mass is 496 g/mol. The van der Waals surface area contributed by atoms with Crippen LogP contribution in [0.15, 0.2) is 90.0 Å². The zero-order chi connectivity index (χ0) is 25.5. The summed E-state index contributed by atoms with van der Waals surface area (Å²) in [6.07, 6.45) is 0. The summed E-state index contributed by atoms with van der Waals surface area (Å²) in [4.78, 5) is 27.8. The highest BCUT2D eigenvalue weighted by Crippen LogP contribution is 2.34. The van der Waals surface area contributed by atoms with E-state index >= 15 is 0 Å². The Balaban J connectivity index is 1.65. The molecule has 0 spiro atoms. The quantitative estimate of drug-likeness (QED) is 0.182. The number of hydrogen-bond acceptors (Lipinski definition) is 7. The van der Waals surface area contributed by atoms with Crippen molar-refractivity contribution in [3.63, 3.8) is 0 Å². The lowest BCUT2D eigenvalue weighted by Crippen LogP contribution is -2.14. The van der Waals surface area contributed by atoms with E-state index in [-0.39, 0.29) is 17.3 Å². The van der Waals surface area contributed by atoms with Gasteiger partial charge >= 0.3 is 0 Å². The van der Waals surface area contributed by atoms with Gasteiger partial charge in [-0.3, -0.25) is 14.9 Å². The minimum Gasteiger partial charge on any atom is -0.497 e. The minimum absolute atomic E-state index is 0.0370. The molecule has 0 bridgehead atoms. The van der Waals surface area contributed by atoms with Crippen molar-refractivity contribution in [3.05, 3.63) is 101 Å². The molecule has 4 rings (SSSR count). The lowest BCUT2D eigenvalue weighted by atomic mass is 9.99. The highest BCUT2D eigenvalue weighted by atomic mass is 32.2. The molecular formula is C27H20N4O4S. The highest BCUT2D eigenvalue weighted by Gasteiger charge is 2.17. The number of anilines is 1. The third kappa shape index (κ3) is 5.68. The smallest absolute Gasteiger partial charge is 0.271 e. The summed E-state index contributed by atoms with van der Waals surface area (Å²) in [6, 6.07) is 26.8. The number of benzene rings is 3. The third-order valence-corrected chi connectivity index (χ3v) is 6.22. The molecule has 0 radical (unpaired) electrons. The van der Waals surface area contributed by atoms with Gasteiger partial charge in [0, 0.05) is 28.9 Å². The summed E-state index contributed by atoms with van der Waals surface area (Å²) < 4.78 is 5.24. The minimum atomic E-state index is -0.525. The predicted molar refractivity (Wildman–Crippen MR) is 139 cm³/mol. The number of amides is 1. The largest absolute Gasteiger partial charge is 0.497 e. The zero-order valence-corrected chi connectivity index (χ0v) is 20.0. The van der Waals surface area contributed by atoms with E-state index in [0.29, 0.717) is 33.3 Å². The number of thioether (sulfide) groups is 1. The summed E-state index contributed by atoms with van der Waals surface area (Å²) >= 11 is 1.13. The van der Waals surface area contributed by atoms with E-state index in [2.05, 4.69) is 11.4 Å². The summed E-state index contributed by atoms with van der Waals surface area (Å²) in [6.45, 7) is 0. The molecule has 36 heavy (non-hydrogen) atoms. The molecule has 1 aromatic heterocycles. The van der Waals surface area contributed by atoms with Crippen LogP contribution in [0.25, 0.3) is 22.4 Å². The van der Waals surface area contributed by atoms with Crippen LogP contribution in [-0.4, -0.2) is 28.7 Å². The number of non-ortho nitro benzene ring substituents is 1. The number of carbonyl (C=O) groups excluding carboxylic acids is 1. The lowest BCUT2D eigenvalue weighted by Gasteiger charge is -2.13. The maximum absolute atomic E-state index is 12.6. The van der Waals surface area contributed by atoms with Gasteiger partial charge in [0.05, 0.1) is 29.0 Å². The van der Waals surface area contributed by atoms with Crippen LogP contribution in [0.5, 0.6) is 5.75 Å². The van der Waals surface area contributed by atoms with Gasteiger partial charge in [0.2, 0.25) is 5.91 Å². The number of nitrogens with zero attached hydrogens (tertiary/aromatic N) is 3. The van der Waals surface area contributed by atoms with Crippen LogP contribution >= 0.6 is 11.8 Å². The molecule has 0 aliphatic carbocycles. The van der Waals surface area contributed by atoms with E-state index in [9.17, 15) is 20.2 Å². The van der Waals surface area contributed by atoms with E-state index in [0.717, 1.165) is 22.9 Å². The average molecular weight is 497 g/mol. The Morgan fingerprint density at radius 3 is 2.47 bits per heavy atom. The average Bonchev–Trinajstić information content (AvgIpc) is 2.92. The second-order valence-corrected chi connectivity index (χ2v) is 8.55. The maximum Gasteiger partial charge on any atom is 0.271 e. The molecule has 0 saturated carbocycles. The SMILES string of the molecule is COc1ccc(-c2cc(-c3ccccc3)c(C#N)c(SCC(=O)Nc3cccc([N+](=O)[O-])c3)n2)cc1. The van der Waals surface area contributed by atoms with Crippen molar-refractivity contribution in [2.24, 2.45) is 0 Å². The topological polar surface area (TPSA) is 118 Å². The van der Waals surface area contributed by atoms with Crippen molar-refractivity contribution in [3.8, 4) is 34.2 Å². The number of aromatic nitrogens is 1. The van der Waals surface area contributed by atoms with Crippen LogP contribution in [-0.2, 0) is 4.79 Å². The number of ether oxygens (including phenoxy) is 1. The first-order chi connectivity index (χ1) is 17.5. The van der Waals surface area contributed by atoms with Gasteiger partial charge in [-0.15, -0.1) is 0 Å². The number of pyridine rings is 1. The number of nitriles is 1. The van der Waals surface area contributed by atoms with Crippen molar-refractivity contribution >= 4 is 29.0 Å². The Labute approximate surface area is 211 Å². The fourth-order valence-corrected chi connectivity index (χ4v) is 4.32. The van der Waals surface area contributed by atoms with Gasteiger partial charge in [0.25, 0.3) is 5.69 Å². The molecule has 4 aromatic rings. The van der Waals surface area contributed by atoms with Gasteiger partial charge in [0.1, 0.15) is 16.8 Å². The van der Waals surface area contributed by atoms with Gasteiger partial charge in [0.15, 0.2) is 0 Å². The van der Waals surface area contributed by atoms with Crippen LogP contribution < -0.4 is 10.1 Å². The predicted octanol–water partition coefficient (Wildman–Crippen LogP) is 5.93. The Morgan fingerprint density at radius 2 is 1.81 bits per heavy atom. The highest BCUT2D eigenvalue weighted by molar-refractivity contribution is 8.00. The molecule has 0 aliphatic rings.